The second kappa shape index (κ2) is 13.6. The first-order chi connectivity index (χ1) is 17.5. The van der Waals surface area contributed by atoms with Gasteiger partial charge in [0.2, 0.25) is 23.6 Å². The molecule has 10 N–H and O–H groups in total. The number of carboxylic acid groups (broad SMARTS) is 2. The van der Waals surface area contributed by atoms with E-state index >= 15 is 0 Å². The van der Waals surface area contributed by atoms with E-state index in [9.17, 15) is 33.9 Å². The van der Waals surface area contributed by atoms with Crippen molar-refractivity contribution in [3.05, 3.63) is 36.0 Å². The first-order valence-corrected chi connectivity index (χ1v) is 11.4. The van der Waals surface area contributed by atoms with Crippen LogP contribution in [0.25, 0.3) is 10.9 Å². The molecule has 0 aliphatic heterocycles. The number of para-hydroxylation sites is 1. The van der Waals surface area contributed by atoms with Gasteiger partial charge < -0.3 is 42.6 Å². The lowest BCUT2D eigenvalue weighted by molar-refractivity contribution is -0.143. The van der Waals surface area contributed by atoms with Crippen LogP contribution < -0.4 is 27.4 Å². The smallest absolute Gasteiger partial charge is 0.326 e. The third-order valence-corrected chi connectivity index (χ3v) is 5.47. The molecule has 0 aliphatic rings. The topological polar surface area (TPSA) is 247 Å². The Hall–Kier alpha value is -4.46. The maximum Gasteiger partial charge on any atom is 0.326 e. The fourth-order valence-corrected chi connectivity index (χ4v) is 3.50. The third-order valence-electron chi connectivity index (χ3n) is 5.47. The number of benzene rings is 1. The largest absolute Gasteiger partial charge is 0.481 e. The van der Waals surface area contributed by atoms with Crippen LogP contribution >= 0.6 is 0 Å². The molecule has 14 nitrogen and oxygen atoms in total. The number of nitrogens with two attached hydrogens (primary N) is 2. The Morgan fingerprint density at radius 2 is 1.62 bits per heavy atom. The molecule has 37 heavy (non-hydrogen) atoms. The predicted molar refractivity (Wildman–Crippen MR) is 130 cm³/mol. The molecule has 1 aromatic heterocycles. The van der Waals surface area contributed by atoms with E-state index in [1.807, 2.05) is 18.2 Å². The molecular formula is C23H30N6O8. The van der Waals surface area contributed by atoms with Crippen LogP contribution in [-0.2, 0) is 35.2 Å². The van der Waals surface area contributed by atoms with Crippen LogP contribution in [0.1, 0.15) is 31.2 Å². The Bertz CT molecular complexity index is 1160. The summed E-state index contributed by atoms with van der Waals surface area (Å²) >= 11 is 0. The quantitative estimate of drug-likeness (QED) is 0.134. The second-order valence-corrected chi connectivity index (χ2v) is 8.34. The SMILES string of the molecule is NC(=O)CCC(N)C(=O)NC(Cc1c[nH]c2ccccc12)C(=O)NCC(=O)NC(CCC(=O)O)C(=O)O. The van der Waals surface area contributed by atoms with Gasteiger partial charge in [-0.2, -0.15) is 0 Å². The molecule has 1 heterocycles. The van der Waals surface area contributed by atoms with Gasteiger partial charge in [0.25, 0.3) is 0 Å². The van der Waals surface area contributed by atoms with Gasteiger partial charge in [-0.15, -0.1) is 0 Å². The van der Waals surface area contributed by atoms with Gasteiger partial charge >= 0.3 is 11.9 Å². The molecule has 0 saturated heterocycles. The first kappa shape index (κ1) is 28.8. The predicted octanol–water partition coefficient (Wildman–Crippen LogP) is -1.66. The van der Waals surface area contributed by atoms with Crippen molar-refractivity contribution in [2.75, 3.05) is 6.54 Å². The number of amides is 4. The summed E-state index contributed by atoms with van der Waals surface area (Å²) in [4.78, 5) is 73.8. The van der Waals surface area contributed by atoms with Crippen molar-refractivity contribution < 1.29 is 39.0 Å². The maximum absolute atomic E-state index is 12.9. The van der Waals surface area contributed by atoms with Gasteiger partial charge in [-0.25, -0.2) is 4.79 Å². The Balaban J connectivity index is 2.09. The second-order valence-electron chi connectivity index (χ2n) is 8.34. The molecule has 0 saturated carbocycles. The van der Waals surface area contributed by atoms with Crippen molar-refractivity contribution in [1.29, 1.82) is 0 Å². The van der Waals surface area contributed by atoms with Crippen LogP contribution in [0.3, 0.4) is 0 Å². The maximum atomic E-state index is 12.9. The molecule has 3 unspecified atom stereocenters. The molecule has 14 heteroatoms. The summed E-state index contributed by atoms with van der Waals surface area (Å²) in [5, 5.41) is 25.7. The number of aromatic amines is 1. The molecule has 0 spiro atoms. The number of carboxylic acids is 2. The summed E-state index contributed by atoms with van der Waals surface area (Å²) in [5.74, 6) is -5.58. The number of hydrogen-bond acceptors (Lipinski definition) is 7. The molecule has 2 rings (SSSR count). The molecule has 200 valence electrons. The van der Waals surface area contributed by atoms with Crippen molar-refractivity contribution >= 4 is 46.5 Å². The monoisotopic (exact) mass is 518 g/mol. The number of H-pyrrole nitrogens is 1. The van der Waals surface area contributed by atoms with Gasteiger partial charge in [0.1, 0.15) is 12.1 Å². The minimum atomic E-state index is -1.45. The standard InChI is InChI=1S/C23H30N6O8/c24-14(5-7-18(25)30)21(34)29-17(9-12-10-26-15-4-2-1-3-13(12)15)22(35)27-11-19(31)28-16(23(36)37)6-8-20(32)33/h1-4,10,14,16-17,26H,5-9,11,24H2,(H2,25,30)(H,27,35)(H,28,31)(H,29,34)(H,32,33)(H,36,37). The van der Waals surface area contributed by atoms with E-state index in [0.29, 0.717) is 5.56 Å². The van der Waals surface area contributed by atoms with Crippen molar-refractivity contribution in [3.8, 4) is 0 Å². The van der Waals surface area contributed by atoms with Crippen molar-refractivity contribution in [2.45, 2.75) is 50.2 Å². The number of hydrogen-bond donors (Lipinski definition) is 8. The van der Waals surface area contributed by atoms with E-state index in [-0.39, 0.29) is 25.7 Å². The van der Waals surface area contributed by atoms with Crippen molar-refractivity contribution in [3.63, 3.8) is 0 Å². The summed E-state index contributed by atoms with van der Waals surface area (Å²) in [6.45, 7) is -0.621. The van der Waals surface area contributed by atoms with E-state index < -0.39 is 66.7 Å². The molecule has 0 radical (unpaired) electrons. The highest BCUT2D eigenvalue weighted by atomic mass is 16.4. The number of rotatable bonds is 15. The number of primary amides is 1. The highest BCUT2D eigenvalue weighted by Crippen LogP contribution is 2.19. The number of carbonyl (C=O) groups excluding carboxylic acids is 4. The Morgan fingerprint density at radius 1 is 0.919 bits per heavy atom. The van der Waals surface area contributed by atoms with Crippen molar-refractivity contribution in [2.24, 2.45) is 11.5 Å². The number of nitrogens with one attached hydrogen (secondary N) is 4. The zero-order chi connectivity index (χ0) is 27.5. The Labute approximate surface area is 211 Å². The first-order valence-electron chi connectivity index (χ1n) is 11.4. The van der Waals surface area contributed by atoms with Crippen LogP contribution in [0.15, 0.2) is 30.5 Å². The summed E-state index contributed by atoms with van der Waals surface area (Å²) < 4.78 is 0. The van der Waals surface area contributed by atoms with E-state index in [1.165, 1.54) is 0 Å². The molecule has 0 bridgehead atoms. The molecule has 0 aliphatic carbocycles. The average Bonchev–Trinajstić information content (AvgIpc) is 3.25. The van der Waals surface area contributed by atoms with Crippen LogP contribution in [0, 0.1) is 0 Å². The van der Waals surface area contributed by atoms with Gasteiger partial charge in [-0.3, -0.25) is 24.0 Å². The molecule has 3 atom stereocenters. The molecule has 2 aromatic rings. The van der Waals surface area contributed by atoms with E-state index in [2.05, 4.69) is 20.9 Å². The highest BCUT2D eigenvalue weighted by Gasteiger charge is 2.26. The van der Waals surface area contributed by atoms with Crippen LogP contribution in [0.5, 0.6) is 0 Å². The Morgan fingerprint density at radius 3 is 2.27 bits per heavy atom. The lowest BCUT2D eigenvalue weighted by atomic mass is 10.0. The Kier molecular flexibility index (Phi) is 10.6. The fourth-order valence-electron chi connectivity index (χ4n) is 3.50. The van der Waals surface area contributed by atoms with Crippen LogP contribution in [-0.4, -0.2) is 75.4 Å². The minimum Gasteiger partial charge on any atom is -0.481 e. The molecule has 1 aromatic carbocycles. The number of carbonyl (C=O) groups is 6. The lowest BCUT2D eigenvalue weighted by Gasteiger charge is -2.21. The number of fused-ring (bicyclic) bond motifs is 1. The van der Waals surface area contributed by atoms with Gasteiger partial charge in [0.15, 0.2) is 0 Å². The van der Waals surface area contributed by atoms with Gasteiger partial charge in [0.05, 0.1) is 12.6 Å². The van der Waals surface area contributed by atoms with E-state index in [4.69, 9.17) is 16.6 Å². The van der Waals surface area contributed by atoms with Gasteiger partial charge in [0, 0.05) is 36.4 Å². The van der Waals surface area contributed by atoms with Gasteiger partial charge in [-0.05, 0) is 24.5 Å². The third kappa shape index (κ3) is 9.25. The van der Waals surface area contributed by atoms with Crippen LogP contribution in [0.2, 0.25) is 0 Å². The molecule has 0 fully saturated rings. The highest BCUT2D eigenvalue weighted by molar-refractivity contribution is 5.93. The summed E-state index contributed by atoms with van der Waals surface area (Å²) in [5.41, 5.74) is 12.4. The zero-order valence-corrected chi connectivity index (χ0v) is 19.9. The molecular weight excluding hydrogens is 488 g/mol. The fraction of sp³-hybridized carbons (Fsp3) is 0.391. The number of aliphatic carboxylic acids is 2. The normalized spacial score (nSPS) is 13.2. The van der Waals surface area contributed by atoms with Gasteiger partial charge in [-0.1, -0.05) is 18.2 Å². The number of aromatic nitrogens is 1. The van der Waals surface area contributed by atoms with E-state index in [1.54, 1.807) is 12.3 Å². The summed E-state index contributed by atoms with van der Waals surface area (Å²) in [7, 11) is 0. The van der Waals surface area contributed by atoms with E-state index in [0.717, 1.165) is 10.9 Å². The molecule has 4 amide bonds. The lowest BCUT2D eigenvalue weighted by Crippen LogP contribution is -2.54. The summed E-state index contributed by atoms with van der Waals surface area (Å²) in [6, 6.07) is 3.56. The van der Waals surface area contributed by atoms with Crippen LogP contribution in [0.4, 0.5) is 0 Å². The average molecular weight is 519 g/mol. The van der Waals surface area contributed by atoms with Crippen molar-refractivity contribution in [1.82, 2.24) is 20.9 Å². The zero-order valence-electron chi connectivity index (χ0n) is 19.9. The minimum absolute atomic E-state index is 0.0298. The summed E-state index contributed by atoms with van der Waals surface area (Å²) in [6.07, 6.45) is 0.739.